The fraction of sp³-hybridized carbons (Fsp3) is 0.571. The molecule has 0 aliphatic heterocycles. The Morgan fingerprint density at radius 2 is 1.65 bits per heavy atom. The molecule has 0 bridgehead atoms. The van der Waals surface area contributed by atoms with E-state index in [0.717, 1.165) is 0 Å². The van der Waals surface area contributed by atoms with E-state index >= 15 is 0 Å². The Balaban J connectivity index is 2.83. The van der Waals surface area contributed by atoms with Crippen molar-refractivity contribution in [1.29, 1.82) is 0 Å². The van der Waals surface area contributed by atoms with Crippen LogP contribution in [0.15, 0.2) is 30.3 Å². The van der Waals surface area contributed by atoms with Crippen LogP contribution in [0.1, 0.15) is 20.8 Å². The summed E-state index contributed by atoms with van der Waals surface area (Å²) in [5.41, 5.74) is 0. The second kappa shape index (κ2) is 6.26. The molecule has 0 aliphatic carbocycles. The molecule has 17 heavy (non-hydrogen) atoms. The van der Waals surface area contributed by atoms with Crippen LogP contribution in [0, 0.1) is 0 Å². The quantitative estimate of drug-likeness (QED) is 0.510. The van der Waals surface area contributed by atoms with Crippen LogP contribution in [-0.4, -0.2) is 28.6 Å². The van der Waals surface area contributed by atoms with Crippen molar-refractivity contribution >= 4 is 39.4 Å². The normalized spacial score (nSPS) is 14.7. The van der Waals surface area contributed by atoms with Gasteiger partial charge in [0.15, 0.2) is 0 Å². The van der Waals surface area contributed by atoms with Crippen molar-refractivity contribution in [2.75, 3.05) is 6.16 Å². The molecular formula is C14H24ClPSn. The van der Waals surface area contributed by atoms with Gasteiger partial charge in [-0.15, -0.1) is 0 Å². The third-order valence-corrected chi connectivity index (χ3v) is 12.6. The number of hydrogen-bond acceptors (Lipinski definition) is 0. The number of hydrogen-bond donors (Lipinski definition) is 0. The van der Waals surface area contributed by atoms with Crippen LogP contribution >= 0.6 is 16.8 Å². The summed E-state index contributed by atoms with van der Waals surface area (Å²) in [6.45, 7) is 7.09. The van der Waals surface area contributed by atoms with Crippen molar-refractivity contribution in [1.82, 2.24) is 0 Å². The second-order valence-electron chi connectivity index (χ2n) is 6.13. The van der Waals surface area contributed by atoms with Gasteiger partial charge in [-0.25, -0.2) is 0 Å². The Morgan fingerprint density at radius 3 is 2.06 bits per heavy atom. The van der Waals surface area contributed by atoms with E-state index in [1.165, 1.54) is 15.9 Å². The van der Waals surface area contributed by atoms with Gasteiger partial charge in [0.1, 0.15) is 0 Å². The topological polar surface area (TPSA) is 0 Å². The van der Waals surface area contributed by atoms with Gasteiger partial charge in [0.2, 0.25) is 0 Å². The van der Waals surface area contributed by atoms with Crippen molar-refractivity contribution < 1.29 is 0 Å². The average Bonchev–Trinajstić information content (AvgIpc) is 2.15. The van der Waals surface area contributed by atoms with E-state index in [4.69, 9.17) is 8.92 Å². The first kappa shape index (κ1) is 15.8. The van der Waals surface area contributed by atoms with Crippen LogP contribution in [0.3, 0.4) is 0 Å². The van der Waals surface area contributed by atoms with E-state index in [9.17, 15) is 0 Å². The molecule has 1 unspecified atom stereocenters. The summed E-state index contributed by atoms with van der Waals surface area (Å²) in [5.74, 6) is 0. The van der Waals surface area contributed by atoms with E-state index in [1.54, 1.807) is 0 Å². The summed E-state index contributed by atoms with van der Waals surface area (Å²) >= 11 is -2.14. The van der Waals surface area contributed by atoms with Gasteiger partial charge in [0, 0.05) is 0 Å². The van der Waals surface area contributed by atoms with Gasteiger partial charge in [0.05, 0.1) is 0 Å². The van der Waals surface area contributed by atoms with Crippen molar-refractivity contribution in [2.24, 2.45) is 0 Å². The molecule has 0 heterocycles. The zero-order valence-electron chi connectivity index (χ0n) is 11.6. The molecule has 1 aromatic rings. The maximum atomic E-state index is 6.54. The van der Waals surface area contributed by atoms with Gasteiger partial charge < -0.3 is 0 Å². The van der Waals surface area contributed by atoms with Crippen LogP contribution in [-0.2, 0) is 0 Å². The minimum absolute atomic E-state index is 0.0931. The third kappa shape index (κ3) is 5.94. The Kier molecular flexibility index (Phi) is 5.82. The van der Waals surface area contributed by atoms with Gasteiger partial charge in [-0.3, -0.25) is 0 Å². The Labute approximate surface area is 115 Å². The fourth-order valence-electron chi connectivity index (χ4n) is 1.84. The Hall–Kier alpha value is 0.739. The summed E-state index contributed by atoms with van der Waals surface area (Å²) in [4.78, 5) is 4.63. The first-order valence-corrected chi connectivity index (χ1v) is 19.1. The minimum atomic E-state index is -2.14. The van der Waals surface area contributed by atoms with Gasteiger partial charge in [0.25, 0.3) is 0 Å². The molecule has 0 saturated heterocycles. The summed E-state index contributed by atoms with van der Waals surface area (Å²) in [5, 5.41) is 1.91. The van der Waals surface area contributed by atoms with E-state index in [0.29, 0.717) is 5.16 Å². The van der Waals surface area contributed by atoms with Crippen molar-refractivity contribution in [2.45, 2.75) is 40.2 Å². The van der Waals surface area contributed by atoms with Crippen molar-refractivity contribution in [3.63, 3.8) is 0 Å². The summed E-state index contributed by atoms with van der Waals surface area (Å²) in [7, 11) is 6.44. The van der Waals surface area contributed by atoms with Crippen LogP contribution in [0.5, 0.6) is 0 Å². The zero-order chi connectivity index (χ0) is 13.1. The number of halogens is 1. The van der Waals surface area contributed by atoms with Gasteiger partial charge in [-0.2, -0.15) is 0 Å². The molecule has 0 amide bonds. The van der Waals surface area contributed by atoms with Crippen molar-refractivity contribution in [3.05, 3.63) is 30.3 Å². The molecule has 1 aromatic carbocycles. The van der Waals surface area contributed by atoms with Crippen LogP contribution in [0.4, 0.5) is 0 Å². The molecule has 96 valence electrons. The Morgan fingerprint density at radius 1 is 1.12 bits per heavy atom. The van der Waals surface area contributed by atoms with Crippen LogP contribution in [0.25, 0.3) is 0 Å². The molecule has 0 N–H and O–H groups in total. The number of benzene rings is 1. The van der Waals surface area contributed by atoms with E-state index < -0.39 is 17.3 Å². The first-order valence-electron chi connectivity index (χ1n) is 6.22. The second-order valence-corrected chi connectivity index (χ2v) is 27.4. The average molecular weight is 377 g/mol. The molecule has 0 aliphatic rings. The molecular weight excluding hydrogens is 353 g/mol. The van der Waals surface area contributed by atoms with E-state index in [2.05, 4.69) is 61.0 Å². The van der Waals surface area contributed by atoms with Crippen LogP contribution < -0.4 is 5.30 Å². The fourth-order valence-corrected chi connectivity index (χ4v) is 13.0. The summed E-state index contributed by atoms with van der Waals surface area (Å²) in [6.07, 6.45) is 1.30. The molecule has 0 aromatic heterocycles. The molecule has 0 saturated carbocycles. The van der Waals surface area contributed by atoms with Crippen molar-refractivity contribution in [3.8, 4) is 0 Å². The molecule has 3 heteroatoms. The van der Waals surface area contributed by atoms with Gasteiger partial charge >= 0.3 is 116 Å². The van der Waals surface area contributed by atoms with Crippen LogP contribution in [0.2, 0.25) is 14.3 Å². The predicted octanol–water partition coefficient (Wildman–Crippen LogP) is 5.04. The first-order chi connectivity index (χ1) is 7.70. The molecule has 1 rings (SSSR count). The molecule has 0 fully saturated rings. The van der Waals surface area contributed by atoms with E-state index in [-0.39, 0.29) is 7.92 Å². The molecule has 0 spiro atoms. The summed E-state index contributed by atoms with van der Waals surface area (Å²) in [6, 6.07) is 11.0. The number of rotatable bonds is 4. The monoisotopic (exact) mass is 378 g/mol. The predicted molar refractivity (Wildman–Crippen MR) is 85.8 cm³/mol. The van der Waals surface area contributed by atoms with E-state index in [1.807, 2.05) is 0 Å². The van der Waals surface area contributed by atoms with Gasteiger partial charge in [-0.05, 0) is 0 Å². The summed E-state index contributed by atoms with van der Waals surface area (Å²) < 4.78 is 1.29. The zero-order valence-corrected chi connectivity index (χ0v) is 16.1. The third-order valence-electron chi connectivity index (χ3n) is 2.81. The standard InChI is InChI=1S/C12H18P.2CH3.ClH.Sn/c1-5-13(12(2,3)4)11-9-7-6-8-10-11;;;;/h6-10H,1,5H2,2-4H3;2*1H3;1H;/q;;;;+1/p-1. The molecule has 0 nitrogen and oxygen atoms in total. The maximum absolute atomic E-state index is 6.54. The van der Waals surface area contributed by atoms with Gasteiger partial charge in [-0.1, -0.05) is 0 Å². The Bertz CT molecular complexity index is 337. The molecule has 1 atom stereocenters. The SMILES string of the molecule is CC(C)(C)P(C[CH2][Sn]([CH3])([CH3])[Cl])c1ccccc1. The molecule has 0 radical (unpaired) electrons.